The Kier molecular flexibility index (Phi) is 3.23. The van der Waals surface area contributed by atoms with E-state index in [1.807, 2.05) is 38.1 Å². The Morgan fingerprint density at radius 2 is 2.05 bits per heavy atom. The van der Waals surface area contributed by atoms with Crippen LogP contribution in [0.5, 0.6) is 5.75 Å². The maximum atomic E-state index is 11.2. The fourth-order valence-corrected chi connectivity index (χ4v) is 3.59. The van der Waals surface area contributed by atoms with E-state index in [0.29, 0.717) is 25.9 Å². The Hall–Kier alpha value is -1.57. The molecule has 2 atom stereocenters. The summed E-state index contributed by atoms with van der Waals surface area (Å²) in [7, 11) is 0. The Morgan fingerprint density at radius 1 is 1.29 bits per heavy atom. The lowest BCUT2D eigenvalue weighted by atomic mass is 9.63. The van der Waals surface area contributed by atoms with Crippen molar-refractivity contribution in [3.05, 3.63) is 29.8 Å². The molecule has 4 nitrogen and oxygen atoms in total. The molecule has 112 valence electrons. The van der Waals surface area contributed by atoms with Gasteiger partial charge < -0.3 is 14.6 Å². The molecule has 4 heteroatoms. The Labute approximate surface area is 125 Å². The fraction of sp³-hybridized carbons (Fsp3) is 0.588. The molecule has 1 aromatic carbocycles. The summed E-state index contributed by atoms with van der Waals surface area (Å²) < 4.78 is 11.5. The van der Waals surface area contributed by atoms with Gasteiger partial charge in [0.05, 0.1) is 23.9 Å². The molecule has 0 radical (unpaired) electrons. The first-order valence-corrected chi connectivity index (χ1v) is 7.38. The van der Waals surface area contributed by atoms with Crippen LogP contribution in [0.15, 0.2) is 24.3 Å². The summed E-state index contributed by atoms with van der Waals surface area (Å²) in [5.74, 6) is 0.818. The second kappa shape index (κ2) is 4.72. The van der Waals surface area contributed by atoms with Gasteiger partial charge in [0.15, 0.2) is 0 Å². The lowest BCUT2D eigenvalue weighted by molar-refractivity contribution is -0.189. The van der Waals surface area contributed by atoms with Gasteiger partial charge in [-0.15, -0.1) is 0 Å². The van der Waals surface area contributed by atoms with E-state index in [-0.39, 0.29) is 6.61 Å². The Balaban J connectivity index is 1.97. The predicted octanol–water partition coefficient (Wildman–Crippen LogP) is 2.45. The van der Waals surface area contributed by atoms with Crippen LogP contribution < -0.4 is 4.74 Å². The molecule has 0 saturated carbocycles. The molecule has 2 heterocycles. The van der Waals surface area contributed by atoms with Crippen LogP contribution >= 0.6 is 0 Å². The molecule has 2 aliphatic rings. The van der Waals surface area contributed by atoms with Crippen molar-refractivity contribution in [1.29, 1.82) is 5.26 Å². The number of fused-ring (bicyclic) bond motifs is 1. The average Bonchev–Trinajstić information content (AvgIpc) is 2.45. The van der Waals surface area contributed by atoms with Crippen LogP contribution in [0.4, 0.5) is 0 Å². The first-order chi connectivity index (χ1) is 9.90. The molecular formula is C17H21NO3. The van der Waals surface area contributed by atoms with Gasteiger partial charge in [0, 0.05) is 19.3 Å². The van der Waals surface area contributed by atoms with Crippen molar-refractivity contribution >= 4 is 0 Å². The highest BCUT2D eigenvalue weighted by molar-refractivity contribution is 5.39. The molecule has 0 aliphatic carbocycles. The van der Waals surface area contributed by atoms with E-state index in [9.17, 15) is 10.4 Å². The largest absolute Gasteiger partial charge is 0.492 e. The third-order valence-corrected chi connectivity index (χ3v) is 4.77. The van der Waals surface area contributed by atoms with Crippen LogP contribution in [0.3, 0.4) is 0 Å². The van der Waals surface area contributed by atoms with E-state index < -0.39 is 16.6 Å². The number of nitriles is 1. The number of nitrogens with zero attached hydrogens (tertiary/aromatic N) is 1. The van der Waals surface area contributed by atoms with Crippen molar-refractivity contribution < 1.29 is 14.6 Å². The zero-order chi connectivity index (χ0) is 15.1. The number of hydrogen-bond acceptors (Lipinski definition) is 4. The minimum Gasteiger partial charge on any atom is -0.492 e. The summed E-state index contributed by atoms with van der Waals surface area (Å²) in [6.45, 7) is 4.61. The SMILES string of the molecule is CC1(C)CC(O)(C2(C#N)COc3ccccc3C2)CCO1. The monoisotopic (exact) mass is 287 g/mol. The first-order valence-electron chi connectivity index (χ1n) is 7.38. The first kappa shape index (κ1) is 14.4. The van der Waals surface area contributed by atoms with Gasteiger partial charge in [0.25, 0.3) is 0 Å². The number of rotatable bonds is 1. The summed E-state index contributed by atoms with van der Waals surface area (Å²) in [6, 6.07) is 10.1. The fourth-order valence-electron chi connectivity index (χ4n) is 3.59. The summed E-state index contributed by atoms with van der Waals surface area (Å²) in [5, 5.41) is 21.0. The number of ether oxygens (including phenoxy) is 2. The Morgan fingerprint density at radius 3 is 2.76 bits per heavy atom. The maximum Gasteiger partial charge on any atom is 0.124 e. The molecule has 0 aromatic heterocycles. The molecule has 0 spiro atoms. The van der Waals surface area contributed by atoms with Gasteiger partial charge in [-0.1, -0.05) is 18.2 Å². The van der Waals surface area contributed by atoms with Crippen molar-refractivity contribution in [3.63, 3.8) is 0 Å². The molecule has 1 N–H and O–H groups in total. The van der Waals surface area contributed by atoms with Crippen LogP contribution in [0, 0.1) is 16.7 Å². The van der Waals surface area contributed by atoms with E-state index in [1.54, 1.807) is 0 Å². The zero-order valence-corrected chi connectivity index (χ0v) is 12.6. The second-order valence-corrected chi connectivity index (χ2v) is 6.83. The molecule has 1 aromatic rings. The topological polar surface area (TPSA) is 62.5 Å². The van der Waals surface area contributed by atoms with E-state index >= 15 is 0 Å². The predicted molar refractivity (Wildman–Crippen MR) is 77.9 cm³/mol. The van der Waals surface area contributed by atoms with Gasteiger partial charge in [-0.05, 0) is 25.5 Å². The minimum atomic E-state index is -1.09. The van der Waals surface area contributed by atoms with Crippen LogP contribution in [0.25, 0.3) is 0 Å². The standard InChI is InChI=1S/C17H21NO3/c1-15(2)10-17(19,7-8-21-15)16(11-18)9-13-5-3-4-6-14(13)20-12-16/h3-6,19H,7-10,12H2,1-2H3. The quantitative estimate of drug-likeness (QED) is 0.862. The van der Waals surface area contributed by atoms with Gasteiger partial charge in [0.1, 0.15) is 17.8 Å². The van der Waals surface area contributed by atoms with Gasteiger partial charge in [-0.25, -0.2) is 0 Å². The van der Waals surface area contributed by atoms with Crippen molar-refractivity contribution in [1.82, 2.24) is 0 Å². The number of para-hydroxylation sites is 1. The molecule has 3 rings (SSSR count). The van der Waals surface area contributed by atoms with Gasteiger partial charge in [-0.2, -0.15) is 5.26 Å². The van der Waals surface area contributed by atoms with Gasteiger partial charge in [0.2, 0.25) is 0 Å². The third-order valence-electron chi connectivity index (χ3n) is 4.77. The highest BCUT2D eigenvalue weighted by Crippen LogP contribution is 2.48. The summed E-state index contributed by atoms with van der Waals surface area (Å²) in [5.41, 5.74) is -1.43. The van der Waals surface area contributed by atoms with E-state index in [4.69, 9.17) is 9.47 Å². The van der Waals surface area contributed by atoms with Gasteiger partial charge >= 0.3 is 0 Å². The van der Waals surface area contributed by atoms with E-state index in [2.05, 4.69) is 6.07 Å². The summed E-state index contributed by atoms with van der Waals surface area (Å²) in [4.78, 5) is 0. The van der Waals surface area contributed by atoms with Crippen LogP contribution in [0.1, 0.15) is 32.3 Å². The van der Waals surface area contributed by atoms with Crippen LogP contribution in [0.2, 0.25) is 0 Å². The average molecular weight is 287 g/mol. The number of hydrogen-bond donors (Lipinski definition) is 1. The van der Waals surface area contributed by atoms with Gasteiger partial charge in [-0.3, -0.25) is 0 Å². The normalized spacial score (nSPS) is 34.4. The smallest absolute Gasteiger partial charge is 0.124 e. The van der Waals surface area contributed by atoms with E-state index in [0.717, 1.165) is 11.3 Å². The molecule has 2 unspecified atom stereocenters. The van der Waals surface area contributed by atoms with Crippen LogP contribution in [-0.2, 0) is 11.2 Å². The van der Waals surface area contributed by atoms with Crippen molar-refractivity contribution in [2.75, 3.05) is 13.2 Å². The third kappa shape index (κ3) is 2.31. The maximum absolute atomic E-state index is 11.2. The molecule has 21 heavy (non-hydrogen) atoms. The van der Waals surface area contributed by atoms with Crippen LogP contribution in [-0.4, -0.2) is 29.5 Å². The molecule has 1 fully saturated rings. The molecule has 0 bridgehead atoms. The second-order valence-electron chi connectivity index (χ2n) is 6.83. The highest BCUT2D eigenvalue weighted by Gasteiger charge is 2.57. The lowest BCUT2D eigenvalue weighted by Crippen LogP contribution is -2.59. The Bertz CT molecular complexity index is 592. The highest BCUT2D eigenvalue weighted by atomic mass is 16.5. The van der Waals surface area contributed by atoms with E-state index in [1.165, 1.54) is 0 Å². The molecule has 2 aliphatic heterocycles. The molecular weight excluding hydrogens is 266 g/mol. The molecule has 0 amide bonds. The summed E-state index contributed by atoms with van der Waals surface area (Å²) >= 11 is 0. The van der Waals surface area contributed by atoms with Crippen molar-refractivity contribution in [2.45, 2.75) is 44.3 Å². The minimum absolute atomic E-state index is 0.229. The van der Waals surface area contributed by atoms with Crippen molar-refractivity contribution in [3.8, 4) is 11.8 Å². The zero-order valence-electron chi connectivity index (χ0n) is 12.6. The summed E-state index contributed by atoms with van der Waals surface area (Å²) in [6.07, 6.45) is 1.43. The number of benzene rings is 1. The molecule has 1 saturated heterocycles. The lowest BCUT2D eigenvalue weighted by Gasteiger charge is -2.50. The number of aliphatic hydroxyl groups is 1. The van der Waals surface area contributed by atoms with Crippen molar-refractivity contribution in [2.24, 2.45) is 5.41 Å².